The average Bonchev–Trinajstić information content (AvgIpc) is 2.47. The molecule has 2 rings (SSSR count). The number of carbonyl (C=O) groups excluding carboxylic acids is 1. The zero-order valence-electron chi connectivity index (χ0n) is 11.9. The maximum atomic E-state index is 12.1. The molecule has 2 N–H and O–H groups in total. The van der Waals surface area contributed by atoms with Crippen LogP contribution in [0.4, 0.5) is 11.4 Å². The summed E-state index contributed by atoms with van der Waals surface area (Å²) in [4.78, 5) is 17.8. The van der Waals surface area contributed by atoms with Crippen LogP contribution in [-0.4, -0.2) is 36.2 Å². The Kier molecular flexibility index (Phi) is 5.60. The van der Waals surface area contributed by atoms with Gasteiger partial charge >= 0.3 is 0 Å². The summed E-state index contributed by atoms with van der Waals surface area (Å²) in [5, 5.41) is 12.0. The number of aromatic nitrogens is 1. The predicted molar refractivity (Wildman–Crippen MR) is 89.0 cm³/mol. The lowest BCUT2D eigenvalue weighted by atomic mass is 10.2. The number of halogens is 2. The molecule has 0 saturated heterocycles. The molecule has 0 fully saturated rings. The Hall–Kier alpha value is -1.82. The first-order valence-corrected chi connectivity index (χ1v) is 7.31. The number of rotatable bonds is 5. The minimum absolute atomic E-state index is 0.0819. The van der Waals surface area contributed by atoms with E-state index in [0.29, 0.717) is 17.8 Å². The summed E-state index contributed by atoms with van der Waals surface area (Å²) in [6, 6.07) is 10.2. The molecule has 1 aromatic carbocycles. The van der Waals surface area contributed by atoms with E-state index in [4.69, 9.17) is 28.3 Å². The lowest BCUT2D eigenvalue weighted by molar-refractivity contribution is 0.102. The van der Waals surface area contributed by atoms with Crippen molar-refractivity contribution < 1.29 is 9.90 Å². The molecule has 0 aliphatic rings. The van der Waals surface area contributed by atoms with E-state index < -0.39 is 0 Å². The van der Waals surface area contributed by atoms with E-state index in [1.165, 1.54) is 12.1 Å². The SMILES string of the molecule is CN(CCO)c1ccc(NC(=O)c2cc(Cl)nc(Cl)c2)cc1. The molecule has 1 aromatic heterocycles. The standard InChI is InChI=1S/C15H15Cl2N3O2/c1-20(6-7-21)12-4-2-11(3-5-12)18-15(22)10-8-13(16)19-14(17)9-10/h2-5,8-9,21H,6-7H2,1H3,(H,18,22). The molecule has 0 aliphatic heterocycles. The molecule has 0 radical (unpaired) electrons. The quantitative estimate of drug-likeness (QED) is 0.821. The number of hydrogen-bond acceptors (Lipinski definition) is 4. The smallest absolute Gasteiger partial charge is 0.255 e. The fraction of sp³-hybridized carbons (Fsp3) is 0.200. The van der Waals surface area contributed by atoms with Crippen LogP contribution in [0.15, 0.2) is 36.4 Å². The highest BCUT2D eigenvalue weighted by molar-refractivity contribution is 6.33. The minimum atomic E-state index is -0.317. The van der Waals surface area contributed by atoms with E-state index in [0.717, 1.165) is 5.69 Å². The van der Waals surface area contributed by atoms with Gasteiger partial charge in [-0.25, -0.2) is 4.98 Å². The molecular weight excluding hydrogens is 325 g/mol. The zero-order valence-corrected chi connectivity index (χ0v) is 13.4. The van der Waals surface area contributed by atoms with Crippen molar-refractivity contribution in [2.45, 2.75) is 0 Å². The normalized spacial score (nSPS) is 10.4. The summed E-state index contributed by atoms with van der Waals surface area (Å²) in [6.45, 7) is 0.623. The molecular formula is C15H15Cl2N3O2. The molecule has 0 saturated carbocycles. The lowest BCUT2D eigenvalue weighted by Gasteiger charge is -2.18. The number of likely N-dealkylation sites (N-methyl/N-ethyl adjacent to an activating group) is 1. The van der Waals surface area contributed by atoms with E-state index in [1.807, 2.05) is 24.1 Å². The summed E-state index contributed by atoms with van der Waals surface area (Å²) in [5.41, 5.74) is 1.93. The Morgan fingerprint density at radius 2 is 1.82 bits per heavy atom. The van der Waals surface area contributed by atoms with Crippen LogP contribution in [0.2, 0.25) is 10.3 Å². The fourth-order valence-corrected chi connectivity index (χ4v) is 2.34. The van der Waals surface area contributed by atoms with Gasteiger partial charge in [-0.2, -0.15) is 0 Å². The number of benzene rings is 1. The van der Waals surface area contributed by atoms with Gasteiger partial charge in [0.05, 0.1) is 6.61 Å². The molecule has 1 amide bonds. The van der Waals surface area contributed by atoms with Crippen LogP contribution in [0.5, 0.6) is 0 Å². The van der Waals surface area contributed by atoms with Crippen LogP contribution in [-0.2, 0) is 0 Å². The van der Waals surface area contributed by atoms with Gasteiger partial charge in [-0.05, 0) is 36.4 Å². The highest BCUT2D eigenvalue weighted by Gasteiger charge is 2.09. The summed E-state index contributed by atoms with van der Waals surface area (Å²) in [6.07, 6.45) is 0. The second kappa shape index (κ2) is 7.45. The van der Waals surface area contributed by atoms with Crippen molar-refractivity contribution in [3.63, 3.8) is 0 Å². The molecule has 0 aliphatic carbocycles. The third-order valence-electron chi connectivity index (χ3n) is 3.03. The number of hydrogen-bond donors (Lipinski definition) is 2. The van der Waals surface area contributed by atoms with Crippen LogP contribution in [0.25, 0.3) is 0 Å². The van der Waals surface area contributed by atoms with Crippen molar-refractivity contribution in [1.82, 2.24) is 4.98 Å². The van der Waals surface area contributed by atoms with E-state index in [2.05, 4.69) is 10.3 Å². The summed E-state index contributed by atoms with van der Waals surface area (Å²) >= 11 is 11.6. The lowest BCUT2D eigenvalue weighted by Crippen LogP contribution is -2.21. The van der Waals surface area contributed by atoms with E-state index in [1.54, 1.807) is 12.1 Å². The maximum absolute atomic E-state index is 12.1. The van der Waals surface area contributed by atoms with Gasteiger partial charge in [0.15, 0.2) is 0 Å². The third kappa shape index (κ3) is 4.34. The number of amides is 1. The molecule has 22 heavy (non-hydrogen) atoms. The molecule has 0 atom stereocenters. The molecule has 2 aromatic rings. The van der Waals surface area contributed by atoms with E-state index >= 15 is 0 Å². The van der Waals surface area contributed by atoms with Gasteiger partial charge in [0, 0.05) is 30.5 Å². The van der Waals surface area contributed by atoms with Gasteiger partial charge in [-0.15, -0.1) is 0 Å². The summed E-state index contributed by atoms with van der Waals surface area (Å²) < 4.78 is 0. The second-order valence-corrected chi connectivity index (χ2v) is 5.42. The van der Waals surface area contributed by atoms with Crippen molar-refractivity contribution >= 4 is 40.5 Å². The topological polar surface area (TPSA) is 65.5 Å². The first-order valence-electron chi connectivity index (χ1n) is 6.56. The molecule has 5 nitrogen and oxygen atoms in total. The molecule has 116 valence electrons. The number of nitrogens with zero attached hydrogens (tertiary/aromatic N) is 2. The average molecular weight is 340 g/mol. The van der Waals surface area contributed by atoms with Crippen LogP contribution >= 0.6 is 23.2 Å². The van der Waals surface area contributed by atoms with Crippen molar-refractivity contribution in [2.24, 2.45) is 0 Å². The van der Waals surface area contributed by atoms with Crippen LogP contribution in [0, 0.1) is 0 Å². The van der Waals surface area contributed by atoms with Crippen LogP contribution in [0.1, 0.15) is 10.4 Å². The fourth-order valence-electron chi connectivity index (χ4n) is 1.88. The zero-order chi connectivity index (χ0) is 16.1. The number of aliphatic hydroxyl groups excluding tert-OH is 1. The van der Waals surface area contributed by atoms with Gasteiger partial charge in [0.1, 0.15) is 10.3 Å². The maximum Gasteiger partial charge on any atom is 0.255 e. The Morgan fingerprint density at radius 3 is 2.36 bits per heavy atom. The number of aliphatic hydroxyl groups is 1. The number of anilines is 2. The first kappa shape index (κ1) is 16.5. The number of pyridine rings is 1. The molecule has 1 heterocycles. The molecule has 0 spiro atoms. The largest absolute Gasteiger partial charge is 0.395 e. The van der Waals surface area contributed by atoms with E-state index in [-0.39, 0.29) is 22.8 Å². The second-order valence-electron chi connectivity index (χ2n) is 4.65. The van der Waals surface area contributed by atoms with Crippen molar-refractivity contribution in [3.8, 4) is 0 Å². The highest BCUT2D eigenvalue weighted by Crippen LogP contribution is 2.19. The van der Waals surface area contributed by atoms with Crippen LogP contribution < -0.4 is 10.2 Å². The molecule has 7 heteroatoms. The van der Waals surface area contributed by atoms with Crippen molar-refractivity contribution in [3.05, 3.63) is 52.3 Å². The Balaban J connectivity index is 2.08. The molecule has 0 unspecified atom stereocenters. The first-order chi connectivity index (χ1) is 10.5. The van der Waals surface area contributed by atoms with Crippen molar-refractivity contribution in [1.29, 1.82) is 0 Å². The van der Waals surface area contributed by atoms with Gasteiger partial charge < -0.3 is 15.3 Å². The predicted octanol–water partition coefficient (Wildman–Crippen LogP) is 3.07. The van der Waals surface area contributed by atoms with Gasteiger partial charge in [-0.3, -0.25) is 4.79 Å². The van der Waals surface area contributed by atoms with Crippen molar-refractivity contribution in [2.75, 3.05) is 30.4 Å². The Bertz CT molecular complexity index is 642. The summed E-state index contributed by atoms with van der Waals surface area (Å²) in [5.74, 6) is -0.317. The number of nitrogens with one attached hydrogen (secondary N) is 1. The van der Waals surface area contributed by atoms with Gasteiger partial charge in [0.2, 0.25) is 0 Å². The van der Waals surface area contributed by atoms with Gasteiger partial charge in [-0.1, -0.05) is 23.2 Å². The van der Waals surface area contributed by atoms with Crippen LogP contribution in [0.3, 0.4) is 0 Å². The summed E-state index contributed by atoms with van der Waals surface area (Å²) in [7, 11) is 1.88. The Morgan fingerprint density at radius 1 is 1.23 bits per heavy atom. The third-order valence-corrected chi connectivity index (χ3v) is 3.41. The number of carbonyl (C=O) groups is 1. The van der Waals surface area contributed by atoms with E-state index in [9.17, 15) is 4.79 Å². The molecule has 0 bridgehead atoms. The highest BCUT2D eigenvalue weighted by atomic mass is 35.5. The minimum Gasteiger partial charge on any atom is -0.395 e. The Labute approximate surface area is 138 Å². The monoisotopic (exact) mass is 339 g/mol. The van der Waals surface area contributed by atoms with Gasteiger partial charge in [0.25, 0.3) is 5.91 Å².